The Kier molecular flexibility index (Phi) is 2.71. The minimum Gasteiger partial charge on any atom is -0.478 e. The van der Waals surface area contributed by atoms with Crippen molar-refractivity contribution < 1.29 is 9.90 Å². The van der Waals surface area contributed by atoms with Crippen LogP contribution in [0.2, 0.25) is 0 Å². The number of pyridine rings is 1. The highest BCUT2D eigenvalue weighted by Crippen LogP contribution is 2.11. The molecule has 0 amide bonds. The van der Waals surface area contributed by atoms with E-state index in [1.807, 2.05) is 0 Å². The Balaban J connectivity index is 1.87. The molecule has 0 spiro atoms. The van der Waals surface area contributed by atoms with Gasteiger partial charge in [0, 0.05) is 6.20 Å². The van der Waals surface area contributed by atoms with E-state index in [1.165, 1.54) is 23.6 Å². The SMILES string of the molecule is O=C(O)c1ccc2nc(CN3CCCC3)nn2c1. The maximum Gasteiger partial charge on any atom is 0.337 e. The van der Waals surface area contributed by atoms with E-state index in [1.54, 1.807) is 12.1 Å². The molecule has 18 heavy (non-hydrogen) atoms. The van der Waals surface area contributed by atoms with Gasteiger partial charge in [0.25, 0.3) is 0 Å². The monoisotopic (exact) mass is 246 g/mol. The molecule has 6 heteroatoms. The minimum absolute atomic E-state index is 0.222. The molecule has 1 N–H and O–H groups in total. The molecule has 0 bridgehead atoms. The van der Waals surface area contributed by atoms with Gasteiger partial charge >= 0.3 is 5.97 Å². The Hall–Kier alpha value is -1.95. The van der Waals surface area contributed by atoms with Crippen LogP contribution < -0.4 is 0 Å². The van der Waals surface area contributed by atoms with Crippen molar-refractivity contribution in [2.45, 2.75) is 19.4 Å². The number of fused-ring (bicyclic) bond motifs is 1. The molecule has 3 rings (SSSR count). The van der Waals surface area contributed by atoms with Gasteiger partial charge in [0.15, 0.2) is 11.5 Å². The first-order chi connectivity index (χ1) is 8.72. The number of rotatable bonds is 3. The first kappa shape index (κ1) is 11.2. The van der Waals surface area contributed by atoms with E-state index in [0.717, 1.165) is 25.5 Å². The summed E-state index contributed by atoms with van der Waals surface area (Å²) in [6.45, 7) is 2.93. The summed E-state index contributed by atoms with van der Waals surface area (Å²) in [5, 5.41) is 13.2. The number of carbonyl (C=O) groups is 1. The Morgan fingerprint density at radius 3 is 2.83 bits per heavy atom. The van der Waals surface area contributed by atoms with Crippen LogP contribution in [0, 0.1) is 0 Å². The maximum absolute atomic E-state index is 10.9. The number of likely N-dealkylation sites (tertiary alicyclic amines) is 1. The summed E-state index contributed by atoms with van der Waals surface area (Å²) in [4.78, 5) is 17.6. The summed E-state index contributed by atoms with van der Waals surface area (Å²) in [5.74, 6) is -0.201. The summed E-state index contributed by atoms with van der Waals surface area (Å²) >= 11 is 0. The molecule has 6 nitrogen and oxygen atoms in total. The summed E-state index contributed by atoms with van der Waals surface area (Å²) in [6, 6.07) is 3.23. The van der Waals surface area contributed by atoms with Crippen molar-refractivity contribution in [3.05, 3.63) is 29.7 Å². The first-order valence-electron chi connectivity index (χ1n) is 6.03. The van der Waals surface area contributed by atoms with E-state index >= 15 is 0 Å². The zero-order chi connectivity index (χ0) is 12.5. The molecule has 3 heterocycles. The van der Waals surface area contributed by atoms with E-state index in [0.29, 0.717) is 5.65 Å². The molecule has 0 atom stereocenters. The molecule has 0 aliphatic carbocycles. The van der Waals surface area contributed by atoms with Crippen LogP contribution in [0.25, 0.3) is 5.65 Å². The van der Waals surface area contributed by atoms with Crippen LogP contribution in [-0.2, 0) is 6.54 Å². The number of hydrogen-bond acceptors (Lipinski definition) is 4. The third-order valence-electron chi connectivity index (χ3n) is 3.19. The van der Waals surface area contributed by atoms with E-state index in [4.69, 9.17) is 5.11 Å². The molecule has 0 radical (unpaired) electrons. The van der Waals surface area contributed by atoms with Crippen LogP contribution >= 0.6 is 0 Å². The third-order valence-corrected chi connectivity index (χ3v) is 3.19. The third kappa shape index (κ3) is 2.06. The Morgan fingerprint density at radius 2 is 2.11 bits per heavy atom. The number of aromatic carboxylic acids is 1. The van der Waals surface area contributed by atoms with E-state index in [-0.39, 0.29) is 5.56 Å². The van der Waals surface area contributed by atoms with Gasteiger partial charge in [0.05, 0.1) is 12.1 Å². The van der Waals surface area contributed by atoms with Crippen LogP contribution in [-0.4, -0.2) is 43.7 Å². The van der Waals surface area contributed by atoms with Gasteiger partial charge in [-0.1, -0.05) is 0 Å². The second-order valence-corrected chi connectivity index (χ2v) is 4.54. The topological polar surface area (TPSA) is 70.7 Å². The molecule has 0 unspecified atom stereocenters. The smallest absolute Gasteiger partial charge is 0.337 e. The predicted octanol–water partition coefficient (Wildman–Crippen LogP) is 1.02. The largest absolute Gasteiger partial charge is 0.478 e. The molecule has 2 aromatic heterocycles. The van der Waals surface area contributed by atoms with Crippen LogP contribution in [0.15, 0.2) is 18.3 Å². The lowest BCUT2D eigenvalue weighted by Crippen LogP contribution is -2.19. The van der Waals surface area contributed by atoms with Crippen LogP contribution in [0.3, 0.4) is 0 Å². The fourth-order valence-corrected chi connectivity index (χ4v) is 2.26. The molecular weight excluding hydrogens is 232 g/mol. The normalized spacial score (nSPS) is 16.4. The quantitative estimate of drug-likeness (QED) is 0.875. The fourth-order valence-electron chi connectivity index (χ4n) is 2.26. The second-order valence-electron chi connectivity index (χ2n) is 4.54. The summed E-state index contributed by atoms with van der Waals surface area (Å²) in [5.41, 5.74) is 0.911. The van der Waals surface area contributed by atoms with Gasteiger partial charge in [-0.05, 0) is 38.1 Å². The Morgan fingerprint density at radius 1 is 1.33 bits per heavy atom. The van der Waals surface area contributed by atoms with Crippen LogP contribution in [0.1, 0.15) is 29.0 Å². The van der Waals surface area contributed by atoms with E-state index < -0.39 is 5.97 Å². The zero-order valence-corrected chi connectivity index (χ0v) is 9.91. The Labute approximate surface area is 104 Å². The highest BCUT2D eigenvalue weighted by Gasteiger charge is 2.15. The molecule has 1 aliphatic heterocycles. The molecule has 1 saturated heterocycles. The average Bonchev–Trinajstić information content (AvgIpc) is 2.96. The highest BCUT2D eigenvalue weighted by molar-refractivity contribution is 5.87. The van der Waals surface area contributed by atoms with Crippen molar-refractivity contribution in [1.82, 2.24) is 19.5 Å². The van der Waals surface area contributed by atoms with Crippen molar-refractivity contribution >= 4 is 11.6 Å². The van der Waals surface area contributed by atoms with Gasteiger partial charge in [-0.25, -0.2) is 14.3 Å². The summed E-state index contributed by atoms with van der Waals surface area (Å²) in [7, 11) is 0. The summed E-state index contributed by atoms with van der Waals surface area (Å²) < 4.78 is 1.54. The van der Waals surface area contributed by atoms with Gasteiger partial charge in [0.1, 0.15) is 0 Å². The van der Waals surface area contributed by atoms with Crippen molar-refractivity contribution in [1.29, 1.82) is 0 Å². The number of nitrogens with zero attached hydrogens (tertiary/aromatic N) is 4. The van der Waals surface area contributed by atoms with Crippen LogP contribution in [0.5, 0.6) is 0 Å². The van der Waals surface area contributed by atoms with Gasteiger partial charge in [-0.15, -0.1) is 5.10 Å². The minimum atomic E-state index is -0.950. The fraction of sp³-hybridized carbons (Fsp3) is 0.417. The highest BCUT2D eigenvalue weighted by atomic mass is 16.4. The van der Waals surface area contributed by atoms with Gasteiger partial charge in [-0.2, -0.15) is 0 Å². The average molecular weight is 246 g/mol. The molecule has 0 saturated carbocycles. The lowest BCUT2D eigenvalue weighted by molar-refractivity contribution is 0.0696. The van der Waals surface area contributed by atoms with Crippen molar-refractivity contribution in [2.24, 2.45) is 0 Å². The van der Waals surface area contributed by atoms with Gasteiger partial charge in [-0.3, -0.25) is 4.90 Å². The van der Waals surface area contributed by atoms with Crippen LogP contribution in [0.4, 0.5) is 0 Å². The number of carboxylic acid groups (broad SMARTS) is 1. The molecule has 0 aromatic carbocycles. The zero-order valence-electron chi connectivity index (χ0n) is 9.91. The standard InChI is InChI=1S/C12H14N4O2/c17-12(18)9-3-4-11-13-10(14-16(11)7-9)8-15-5-1-2-6-15/h3-4,7H,1-2,5-6,8H2,(H,17,18). The first-order valence-corrected chi connectivity index (χ1v) is 6.03. The van der Waals surface area contributed by atoms with Crippen molar-refractivity contribution in [2.75, 3.05) is 13.1 Å². The molecule has 2 aromatic rings. The number of carboxylic acids is 1. The number of hydrogen-bond donors (Lipinski definition) is 1. The number of aromatic nitrogens is 3. The second kappa shape index (κ2) is 4.38. The Bertz CT molecular complexity index is 587. The lowest BCUT2D eigenvalue weighted by atomic mass is 10.3. The summed E-state index contributed by atoms with van der Waals surface area (Å²) in [6.07, 6.45) is 3.96. The molecule has 94 valence electrons. The predicted molar refractivity (Wildman–Crippen MR) is 64.5 cm³/mol. The molecule has 1 aliphatic rings. The van der Waals surface area contributed by atoms with E-state index in [9.17, 15) is 4.79 Å². The van der Waals surface area contributed by atoms with E-state index in [2.05, 4.69) is 15.0 Å². The lowest BCUT2D eigenvalue weighted by Gasteiger charge is -2.10. The molecule has 1 fully saturated rings. The van der Waals surface area contributed by atoms with Crippen molar-refractivity contribution in [3.8, 4) is 0 Å². The molecular formula is C12H14N4O2. The van der Waals surface area contributed by atoms with Gasteiger partial charge in [0.2, 0.25) is 0 Å². The maximum atomic E-state index is 10.9. The van der Waals surface area contributed by atoms with Gasteiger partial charge < -0.3 is 5.11 Å². The van der Waals surface area contributed by atoms with Crippen molar-refractivity contribution in [3.63, 3.8) is 0 Å².